The first kappa shape index (κ1) is 79.8. The van der Waals surface area contributed by atoms with E-state index in [2.05, 4.69) is 41.5 Å². The Kier molecular flexibility index (Phi) is 36.7. The summed E-state index contributed by atoms with van der Waals surface area (Å²) in [4.78, 5) is -2.70. The molecule has 0 fully saturated rings. The van der Waals surface area contributed by atoms with E-state index in [4.69, 9.17) is 0 Å². The van der Waals surface area contributed by atoms with Gasteiger partial charge in [-0.25, -0.2) is 50.5 Å². The van der Waals surface area contributed by atoms with Crippen molar-refractivity contribution in [3.63, 3.8) is 0 Å². The fourth-order valence-corrected chi connectivity index (χ4v) is 23.7. The predicted octanol–water partition coefficient (Wildman–Crippen LogP) is 20.3. The number of rotatable bonds is 54. The van der Waals surface area contributed by atoms with E-state index in [-0.39, 0.29) is 105 Å². The van der Waals surface area contributed by atoms with Crippen LogP contribution in [-0.4, -0.2) is 85.0 Å². The average molecular weight is 1370 g/mol. The van der Waals surface area contributed by atoms with E-state index in [1.54, 1.807) is 0 Å². The summed E-state index contributed by atoms with van der Waals surface area (Å²) >= 11 is 0. The second-order valence-electron chi connectivity index (χ2n) is 26.2. The zero-order valence-corrected chi connectivity index (χ0v) is 61.7. The van der Waals surface area contributed by atoms with Gasteiger partial charge in [-0.05, 0) is 107 Å². The van der Waals surface area contributed by atoms with E-state index >= 15 is 50.5 Å². The van der Waals surface area contributed by atoms with Crippen molar-refractivity contribution >= 4 is 91.3 Å². The third kappa shape index (κ3) is 25.8. The molecule has 12 nitrogen and oxygen atoms in total. The molecule has 4 aromatic carbocycles. The maximum Gasteiger partial charge on any atom is 0.179 e. The van der Waals surface area contributed by atoms with Crippen LogP contribution in [0, 0.1) is 0 Å². The molecule has 0 unspecified atom stereocenters. The van der Waals surface area contributed by atoms with E-state index < -0.39 is 88.4 Å². The van der Waals surface area contributed by atoms with Gasteiger partial charge in [0.1, 0.15) is 0 Å². The first-order valence-electron chi connectivity index (χ1n) is 35.9. The molecule has 0 bridgehead atoms. The minimum Gasteiger partial charge on any atom is -0.224 e. The molecule has 18 heteroatoms. The Morgan fingerprint density at radius 3 is 0.378 bits per heavy atom. The van der Waals surface area contributed by atoms with Gasteiger partial charge in [0.25, 0.3) is 0 Å². The monoisotopic (exact) mass is 1370 g/mol. The van der Waals surface area contributed by atoms with Crippen molar-refractivity contribution in [2.75, 3.05) is 34.5 Å². The molecule has 4 aromatic rings. The number of hydrogen-bond donors (Lipinski definition) is 0. The molecule has 0 heterocycles. The third-order valence-electron chi connectivity index (χ3n) is 18.2. The molecule has 0 amide bonds. The Bertz CT molecular complexity index is 2860. The van der Waals surface area contributed by atoms with Crippen LogP contribution in [0.3, 0.4) is 0 Å². The zero-order valence-electron chi connectivity index (χ0n) is 56.8. The molecule has 0 N–H and O–H groups in total. The van der Waals surface area contributed by atoms with E-state index in [1.165, 1.54) is 36.4 Å². The fourth-order valence-electron chi connectivity index (χ4n) is 12.6. The Labute approximate surface area is 549 Å². The van der Waals surface area contributed by atoms with Crippen molar-refractivity contribution in [1.29, 1.82) is 0 Å². The SMILES string of the molecule is CCCCCCCCCS(=O)(=O)c1cc2c3cc(S(=O)(=O)CCCCCCCCC)c(S(=O)(=O)CCCCCCCCC)cc3c3cc(S(=O)(=O)CCCCCCCCC)c(S(=O)(=O)CCCCCCCCC)cc3c2cc1S(=O)(=O)CCCCCCCCC. The molecule has 0 aliphatic heterocycles. The van der Waals surface area contributed by atoms with E-state index in [1.807, 2.05) is 0 Å². The molecule has 0 aliphatic rings. The summed E-state index contributed by atoms with van der Waals surface area (Å²) in [5.41, 5.74) is 0. The lowest BCUT2D eigenvalue weighted by molar-refractivity contribution is 0.569. The molecule has 0 aliphatic carbocycles. The van der Waals surface area contributed by atoms with Crippen LogP contribution in [0.5, 0.6) is 0 Å². The summed E-state index contributed by atoms with van der Waals surface area (Å²) < 4.78 is 181. The number of hydrogen-bond acceptors (Lipinski definition) is 12. The number of benzene rings is 4. The maximum atomic E-state index is 15.1. The second-order valence-corrected chi connectivity index (χ2v) is 38.6. The first-order chi connectivity index (χ1) is 43.0. The highest BCUT2D eigenvalue weighted by atomic mass is 32.2. The molecule has 0 atom stereocenters. The van der Waals surface area contributed by atoms with Gasteiger partial charge in [0.2, 0.25) is 0 Å². The standard InChI is InChI=1S/C72H120O12S6/c1-7-13-19-25-31-37-43-49-85(73,74)67-55-61-62(56-68(67)86(75,76)50-44-38-32-26-20-14-8-2)64-58-70(88(79,80)52-46-40-34-28-22-16-10-4)72(90(83,84)54-48-42-36-30-24-18-12-6)60-66(64)65-59-71(89(81,82)53-47-41-35-29-23-17-11-5)69(57-63(61)65)87(77,78)51-45-39-33-27-21-15-9-3/h55-60H,7-54H2,1-6H3. The van der Waals surface area contributed by atoms with Crippen LogP contribution in [0.1, 0.15) is 311 Å². The normalized spacial score (nSPS) is 13.0. The topological polar surface area (TPSA) is 205 Å². The molecule has 90 heavy (non-hydrogen) atoms. The Morgan fingerprint density at radius 1 is 0.167 bits per heavy atom. The number of unbranched alkanes of at least 4 members (excludes halogenated alkanes) is 36. The van der Waals surface area contributed by atoms with Gasteiger partial charge in [-0.3, -0.25) is 0 Å². The number of sulfone groups is 6. The summed E-state index contributed by atoms with van der Waals surface area (Å²) in [5.74, 6) is -2.18. The van der Waals surface area contributed by atoms with E-state index in [0.717, 1.165) is 193 Å². The van der Waals surface area contributed by atoms with Crippen LogP contribution in [0.25, 0.3) is 32.3 Å². The van der Waals surface area contributed by atoms with Gasteiger partial charge in [0.05, 0.1) is 63.9 Å². The van der Waals surface area contributed by atoms with E-state index in [0.29, 0.717) is 38.5 Å². The molecule has 4 rings (SSSR count). The van der Waals surface area contributed by atoms with Crippen molar-refractivity contribution in [3.8, 4) is 0 Å². The molecule has 516 valence electrons. The molecule has 0 aromatic heterocycles. The van der Waals surface area contributed by atoms with Crippen molar-refractivity contribution < 1.29 is 50.5 Å². The lowest BCUT2D eigenvalue weighted by atomic mass is 9.94. The summed E-state index contributed by atoms with van der Waals surface area (Å²) in [7, 11) is -26.5. The Balaban J connectivity index is 2.24. The summed E-state index contributed by atoms with van der Waals surface area (Å²) in [6.45, 7) is 12.7. The summed E-state index contributed by atoms with van der Waals surface area (Å²) in [5, 5.41) is 0.517. The lowest BCUT2D eigenvalue weighted by Crippen LogP contribution is -2.17. The highest BCUT2D eigenvalue weighted by Gasteiger charge is 2.34. The Hall–Kier alpha value is -2.64. The fraction of sp³-hybridized carbons (Fsp3) is 0.750. The van der Waals surface area contributed by atoms with Crippen LogP contribution >= 0.6 is 0 Å². The van der Waals surface area contributed by atoms with Crippen LogP contribution in [0.4, 0.5) is 0 Å². The minimum absolute atomic E-state index is 0.0861. The van der Waals surface area contributed by atoms with Crippen molar-refractivity contribution in [2.45, 2.75) is 341 Å². The second kappa shape index (κ2) is 41.3. The van der Waals surface area contributed by atoms with Crippen LogP contribution in [0.2, 0.25) is 0 Å². The smallest absolute Gasteiger partial charge is 0.179 e. The lowest BCUT2D eigenvalue weighted by Gasteiger charge is -2.20. The van der Waals surface area contributed by atoms with Crippen molar-refractivity contribution in [1.82, 2.24) is 0 Å². The van der Waals surface area contributed by atoms with Crippen molar-refractivity contribution in [3.05, 3.63) is 36.4 Å². The largest absolute Gasteiger partial charge is 0.224 e. The maximum absolute atomic E-state index is 15.1. The summed E-state index contributed by atoms with van der Waals surface area (Å²) in [6, 6.07) is 7.77. The quantitative estimate of drug-likeness (QED) is 0.0299. The van der Waals surface area contributed by atoms with Gasteiger partial charge in [-0.15, -0.1) is 0 Å². The molecule has 0 radical (unpaired) electrons. The predicted molar refractivity (Wildman–Crippen MR) is 379 cm³/mol. The zero-order chi connectivity index (χ0) is 66.1. The van der Waals surface area contributed by atoms with Crippen LogP contribution in [0.15, 0.2) is 65.8 Å². The number of fused-ring (bicyclic) bond motifs is 6. The van der Waals surface area contributed by atoms with Gasteiger partial charge in [0.15, 0.2) is 59.0 Å². The highest BCUT2D eigenvalue weighted by molar-refractivity contribution is 7.95. The van der Waals surface area contributed by atoms with Gasteiger partial charge in [0, 0.05) is 0 Å². The minimum atomic E-state index is -4.41. The molecular weight excluding hydrogens is 1250 g/mol. The van der Waals surface area contributed by atoms with Crippen LogP contribution < -0.4 is 0 Å². The molecular formula is C72H120O12S6. The highest BCUT2D eigenvalue weighted by Crippen LogP contribution is 2.45. The van der Waals surface area contributed by atoms with Crippen molar-refractivity contribution in [2.24, 2.45) is 0 Å². The van der Waals surface area contributed by atoms with Gasteiger partial charge in [-0.2, -0.15) is 0 Å². The molecule has 0 spiro atoms. The van der Waals surface area contributed by atoms with Gasteiger partial charge >= 0.3 is 0 Å². The third-order valence-corrected chi connectivity index (χ3v) is 29.6. The van der Waals surface area contributed by atoms with E-state index in [9.17, 15) is 0 Å². The van der Waals surface area contributed by atoms with Crippen LogP contribution in [-0.2, 0) is 59.0 Å². The molecule has 0 saturated heterocycles. The first-order valence-corrected chi connectivity index (χ1v) is 45.8. The van der Waals surface area contributed by atoms with Gasteiger partial charge < -0.3 is 0 Å². The summed E-state index contributed by atoms with van der Waals surface area (Å²) in [6.07, 6.45) is 34.4. The average Bonchev–Trinajstić information content (AvgIpc) is 0.716. The Morgan fingerprint density at radius 2 is 0.267 bits per heavy atom. The molecule has 0 saturated carbocycles. The van der Waals surface area contributed by atoms with Gasteiger partial charge in [-0.1, -0.05) is 273 Å².